The summed E-state index contributed by atoms with van der Waals surface area (Å²) in [4.78, 5) is 25.6. The van der Waals surface area contributed by atoms with Gasteiger partial charge in [-0.3, -0.25) is 14.2 Å². The van der Waals surface area contributed by atoms with E-state index in [2.05, 4.69) is 0 Å². The Morgan fingerprint density at radius 3 is 2.58 bits per heavy atom. The van der Waals surface area contributed by atoms with E-state index in [0.717, 1.165) is 11.0 Å². The van der Waals surface area contributed by atoms with Crippen LogP contribution in [0.25, 0.3) is 0 Å². The second kappa shape index (κ2) is 7.87. The van der Waals surface area contributed by atoms with Gasteiger partial charge >= 0.3 is 0 Å². The Morgan fingerprint density at radius 1 is 1.35 bits per heavy atom. The summed E-state index contributed by atoms with van der Waals surface area (Å²) in [6, 6.07) is 8.18. The number of aromatic nitrogens is 1. The number of ketones is 1. The van der Waals surface area contributed by atoms with Gasteiger partial charge in [-0.15, -0.1) is 0 Å². The lowest BCUT2D eigenvalue weighted by molar-refractivity contribution is 0.103. The van der Waals surface area contributed by atoms with Gasteiger partial charge in [0.1, 0.15) is 17.4 Å². The SMILES string of the molecule is CCCOc1ccccc1C(=O)c1c(C)c(C#N)c(=O)n(C(C)C)c1O. The van der Waals surface area contributed by atoms with Gasteiger partial charge in [-0.05, 0) is 44.9 Å². The van der Waals surface area contributed by atoms with Crippen LogP contribution in [0.15, 0.2) is 29.1 Å². The van der Waals surface area contributed by atoms with Crippen LogP contribution >= 0.6 is 0 Å². The molecular weight excluding hydrogens is 332 g/mol. The Morgan fingerprint density at radius 2 is 2.00 bits per heavy atom. The van der Waals surface area contributed by atoms with Crippen molar-refractivity contribution in [3.8, 4) is 17.7 Å². The molecule has 2 aromatic rings. The van der Waals surface area contributed by atoms with Crippen LogP contribution in [-0.2, 0) is 0 Å². The first-order chi connectivity index (χ1) is 12.3. The molecule has 0 fully saturated rings. The number of nitrogens with zero attached hydrogens (tertiary/aromatic N) is 2. The van der Waals surface area contributed by atoms with Gasteiger partial charge in [-0.2, -0.15) is 5.26 Å². The van der Waals surface area contributed by atoms with Crippen molar-refractivity contribution >= 4 is 5.78 Å². The summed E-state index contributed by atoms with van der Waals surface area (Å²) in [7, 11) is 0. The summed E-state index contributed by atoms with van der Waals surface area (Å²) in [6.45, 7) is 7.30. The molecule has 26 heavy (non-hydrogen) atoms. The first kappa shape index (κ1) is 19.3. The van der Waals surface area contributed by atoms with E-state index in [0.29, 0.717) is 12.4 Å². The van der Waals surface area contributed by atoms with Crippen LogP contribution < -0.4 is 10.3 Å². The second-order valence-electron chi connectivity index (χ2n) is 6.25. The van der Waals surface area contributed by atoms with E-state index in [4.69, 9.17) is 4.74 Å². The second-order valence-corrected chi connectivity index (χ2v) is 6.25. The Kier molecular flexibility index (Phi) is 5.83. The average molecular weight is 354 g/mol. The third kappa shape index (κ3) is 3.33. The monoisotopic (exact) mass is 354 g/mol. The molecule has 0 bridgehead atoms. The van der Waals surface area contributed by atoms with Crippen LogP contribution in [0.5, 0.6) is 11.6 Å². The largest absolute Gasteiger partial charge is 0.494 e. The molecule has 1 heterocycles. The minimum absolute atomic E-state index is 0.0533. The third-order valence-electron chi connectivity index (χ3n) is 4.08. The average Bonchev–Trinajstić information content (AvgIpc) is 2.60. The Balaban J connectivity index is 2.74. The lowest BCUT2D eigenvalue weighted by Crippen LogP contribution is -2.28. The first-order valence-electron chi connectivity index (χ1n) is 8.49. The molecule has 2 rings (SSSR count). The molecule has 0 amide bonds. The zero-order chi connectivity index (χ0) is 19.4. The van der Waals surface area contributed by atoms with Crippen LogP contribution in [0.3, 0.4) is 0 Å². The Bertz CT molecular complexity index is 936. The van der Waals surface area contributed by atoms with Crippen molar-refractivity contribution in [2.75, 3.05) is 6.61 Å². The number of ether oxygens (including phenoxy) is 1. The van der Waals surface area contributed by atoms with Crippen molar-refractivity contribution in [2.24, 2.45) is 0 Å². The predicted molar refractivity (Wildman–Crippen MR) is 97.9 cm³/mol. The number of para-hydroxylation sites is 1. The zero-order valence-electron chi connectivity index (χ0n) is 15.4. The summed E-state index contributed by atoms with van der Waals surface area (Å²) >= 11 is 0. The number of hydrogen-bond acceptors (Lipinski definition) is 5. The van der Waals surface area contributed by atoms with Crippen molar-refractivity contribution in [2.45, 2.75) is 40.2 Å². The highest BCUT2D eigenvalue weighted by atomic mass is 16.5. The minimum atomic E-state index is -0.607. The lowest BCUT2D eigenvalue weighted by atomic mass is 9.96. The van der Waals surface area contributed by atoms with Crippen LogP contribution in [0.4, 0.5) is 0 Å². The standard InChI is InChI=1S/C20H22N2O4/c1-5-10-26-16-9-7-6-8-14(16)18(23)17-13(4)15(11-21)19(24)22(12(2)3)20(17)25/h6-9,12,25H,5,10H2,1-4H3. The topological polar surface area (TPSA) is 92.3 Å². The van der Waals surface area contributed by atoms with Crippen LogP contribution in [-0.4, -0.2) is 22.1 Å². The van der Waals surface area contributed by atoms with Gasteiger partial charge in [-0.25, -0.2) is 0 Å². The quantitative estimate of drug-likeness (QED) is 0.803. The molecule has 0 saturated carbocycles. The van der Waals surface area contributed by atoms with Crippen LogP contribution in [0.1, 0.15) is 60.3 Å². The summed E-state index contributed by atoms with van der Waals surface area (Å²) in [5, 5.41) is 20.0. The number of hydrogen-bond donors (Lipinski definition) is 1. The molecule has 0 aliphatic heterocycles. The fraction of sp³-hybridized carbons (Fsp3) is 0.350. The van der Waals surface area contributed by atoms with Gasteiger partial charge in [-0.1, -0.05) is 19.1 Å². The molecule has 0 aliphatic carbocycles. The normalized spacial score (nSPS) is 10.6. The highest BCUT2D eigenvalue weighted by Crippen LogP contribution is 2.30. The molecule has 0 saturated heterocycles. The Labute approximate surface area is 152 Å². The summed E-state index contributed by atoms with van der Waals surface area (Å²) in [6.07, 6.45) is 0.781. The van der Waals surface area contributed by atoms with E-state index in [1.807, 2.05) is 13.0 Å². The molecule has 0 atom stereocenters. The number of rotatable bonds is 6. The van der Waals surface area contributed by atoms with Crippen molar-refractivity contribution < 1.29 is 14.6 Å². The van der Waals surface area contributed by atoms with Gasteiger partial charge < -0.3 is 9.84 Å². The van der Waals surface area contributed by atoms with Gasteiger partial charge in [0.25, 0.3) is 5.56 Å². The van der Waals surface area contributed by atoms with E-state index in [-0.39, 0.29) is 22.3 Å². The fourth-order valence-corrected chi connectivity index (χ4v) is 2.80. The molecule has 1 N–H and O–H groups in total. The molecule has 136 valence electrons. The number of pyridine rings is 1. The lowest BCUT2D eigenvalue weighted by Gasteiger charge is -2.18. The predicted octanol–water partition coefficient (Wildman–Crippen LogP) is 3.33. The van der Waals surface area contributed by atoms with Crippen molar-refractivity contribution in [1.82, 2.24) is 4.57 Å². The molecule has 0 unspecified atom stereocenters. The van der Waals surface area contributed by atoms with E-state index < -0.39 is 23.3 Å². The van der Waals surface area contributed by atoms with Crippen LogP contribution in [0, 0.1) is 18.3 Å². The molecule has 1 aromatic heterocycles. The molecule has 1 aromatic carbocycles. The number of benzene rings is 1. The molecule has 0 spiro atoms. The summed E-state index contributed by atoms with van der Waals surface area (Å²) in [5.74, 6) is -0.520. The van der Waals surface area contributed by atoms with Crippen molar-refractivity contribution in [1.29, 1.82) is 5.26 Å². The number of nitriles is 1. The van der Waals surface area contributed by atoms with Crippen LogP contribution in [0.2, 0.25) is 0 Å². The highest BCUT2D eigenvalue weighted by molar-refractivity contribution is 6.13. The number of aromatic hydroxyl groups is 1. The maximum Gasteiger partial charge on any atom is 0.271 e. The maximum absolute atomic E-state index is 13.2. The molecule has 0 aliphatic rings. The third-order valence-corrected chi connectivity index (χ3v) is 4.08. The van der Waals surface area contributed by atoms with Gasteiger partial charge in [0, 0.05) is 6.04 Å². The van der Waals surface area contributed by atoms with Gasteiger partial charge in [0.2, 0.25) is 11.7 Å². The molecule has 6 heteroatoms. The summed E-state index contributed by atoms with van der Waals surface area (Å²) < 4.78 is 6.69. The molecule has 0 radical (unpaired) electrons. The zero-order valence-corrected chi connectivity index (χ0v) is 15.4. The van der Waals surface area contributed by atoms with E-state index in [1.54, 1.807) is 38.1 Å². The van der Waals surface area contributed by atoms with Gasteiger partial charge in [0.15, 0.2) is 0 Å². The Hall–Kier alpha value is -3.07. The van der Waals surface area contributed by atoms with E-state index >= 15 is 0 Å². The van der Waals surface area contributed by atoms with Gasteiger partial charge in [0.05, 0.1) is 17.7 Å². The van der Waals surface area contributed by atoms with Crippen molar-refractivity contribution in [3.05, 3.63) is 56.9 Å². The summed E-state index contributed by atoms with van der Waals surface area (Å²) in [5.41, 5.74) is -0.363. The molecule has 6 nitrogen and oxygen atoms in total. The van der Waals surface area contributed by atoms with E-state index in [9.17, 15) is 20.0 Å². The van der Waals surface area contributed by atoms with Crippen molar-refractivity contribution in [3.63, 3.8) is 0 Å². The minimum Gasteiger partial charge on any atom is -0.494 e. The smallest absolute Gasteiger partial charge is 0.271 e. The highest BCUT2D eigenvalue weighted by Gasteiger charge is 2.27. The van der Waals surface area contributed by atoms with E-state index in [1.165, 1.54) is 6.92 Å². The molecular formula is C20H22N2O4. The first-order valence-corrected chi connectivity index (χ1v) is 8.49. The fourth-order valence-electron chi connectivity index (χ4n) is 2.80. The number of carbonyl (C=O) groups excluding carboxylic acids is 1. The maximum atomic E-state index is 13.2. The number of carbonyl (C=O) groups is 1.